The van der Waals surface area contributed by atoms with E-state index in [1.54, 1.807) is 0 Å². The number of para-hydroxylation sites is 1. The summed E-state index contributed by atoms with van der Waals surface area (Å²) in [6, 6.07) is 18.4. The minimum atomic E-state index is 0.000949. The van der Waals surface area contributed by atoms with Crippen LogP contribution >= 0.6 is 0 Å². The molecular weight excluding hydrogens is 314 g/mol. The average molecular weight is 335 g/mol. The van der Waals surface area contributed by atoms with Crippen LogP contribution in [0.4, 0.5) is 5.69 Å². The van der Waals surface area contributed by atoms with Gasteiger partial charge in [-0.15, -0.1) is 0 Å². The molecule has 4 aliphatic rings. The Bertz CT molecular complexity index is 1020. The van der Waals surface area contributed by atoms with Gasteiger partial charge in [-0.3, -0.25) is 0 Å². The molecule has 1 aliphatic heterocycles. The van der Waals surface area contributed by atoms with Crippen LogP contribution in [0.5, 0.6) is 0 Å². The number of hydrogen-bond acceptors (Lipinski definition) is 1. The molecule has 0 amide bonds. The number of hydrogen-bond donors (Lipinski definition) is 1. The summed E-state index contributed by atoms with van der Waals surface area (Å²) < 4.78 is 0. The normalized spacial score (nSPS) is 32.3. The van der Waals surface area contributed by atoms with Crippen LogP contribution in [0.2, 0.25) is 0 Å². The summed E-state index contributed by atoms with van der Waals surface area (Å²) in [5.74, 6) is 0.919. The van der Waals surface area contributed by atoms with Crippen LogP contribution in [-0.2, 0) is 5.41 Å². The summed E-state index contributed by atoms with van der Waals surface area (Å²) in [5, 5.41) is 3.80. The molecule has 0 bridgehead atoms. The van der Waals surface area contributed by atoms with Crippen LogP contribution in [0, 0.1) is 11.8 Å². The number of nitrogens with one attached hydrogen (secondary N) is 1. The highest BCUT2D eigenvalue weighted by molar-refractivity contribution is 5.84. The first-order valence-corrected chi connectivity index (χ1v) is 9.58. The van der Waals surface area contributed by atoms with Crippen molar-refractivity contribution >= 4 is 11.3 Å². The molecule has 1 N–H and O–H groups in total. The van der Waals surface area contributed by atoms with Gasteiger partial charge in [0, 0.05) is 22.9 Å². The molecule has 0 aromatic heterocycles. The Morgan fingerprint density at radius 1 is 0.846 bits per heavy atom. The Labute approximate surface area is 154 Å². The maximum atomic E-state index is 3.80. The third kappa shape index (κ3) is 1.61. The van der Waals surface area contributed by atoms with Crippen LogP contribution in [-0.4, -0.2) is 6.04 Å². The quantitative estimate of drug-likeness (QED) is 0.672. The molecule has 26 heavy (non-hydrogen) atoms. The van der Waals surface area contributed by atoms with Gasteiger partial charge in [0.05, 0.1) is 6.04 Å². The van der Waals surface area contributed by atoms with Gasteiger partial charge in [-0.1, -0.05) is 85.0 Å². The fraction of sp³-hybridized carbons (Fsp3) is 0.200. The highest BCUT2D eigenvalue weighted by Gasteiger charge is 2.58. The van der Waals surface area contributed by atoms with E-state index in [4.69, 9.17) is 0 Å². The second-order valence-corrected chi connectivity index (χ2v) is 7.76. The first kappa shape index (κ1) is 14.4. The van der Waals surface area contributed by atoms with E-state index in [-0.39, 0.29) is 5.41 Å². The van der Waals surface area contributed by atoms with Crippen LogP contribution in [0.15, 0.2) is 91.1 Å². The second-order valence-electron chi connectivity index (χ2n) is 7.76. The van der Waals surface area contributed by atoms with Gasteiger partial charge >= 0.3 is 0 Å². The maximum Gasteiger partial charge on any atom is 0.0522 e. The zero-order valence-electron chi connectivity index (χ0n) is 14.6. The zero-order valence-corrected chi connectivity index (χ0v) is 14.6. The predicted molar refractivity (Wildman–Crippen MR) is 108 cm³/mol. The topological polar surface area (TPSA) is 12.0 Å². The van der Waals surface area contributed by atoms with Crippen molar-refractivity contribution in [2.75, 3.05) is 5.32 Å². The van der Waals surface area contributed by atoms with E-state index in [0.29, 0.717) is 17.9 Å². The smallest absolute Gasteiger partial charge is 0.0522 e. The molecule has 0 saturated heterocycles. The monoisotopic (exact) mass is 335 g/mol. The van der Waals surface area contributed by atoms with Gasteiger partial charge < -0.3 is 5.32 Å². The third-order valence-corrected chi connectivity index (χ3v) is 6.75. The van der Waals surface area contributed by atoms with E-state index in [2.05, 4.69) is 96.4 Å². The molecule has 1 nitrogen and oxygen atoms in total. The van der Waals surface area contributed by atoms with Gasteiger partial charge in [-0.2, -0.15) is 0 Å². The first-order valence-electron chi connectivity index (χ1n) is 9.58. The van der Waals surface area contributed by atoms with Crippen LogP contribution < -0.4 is 5.32 Å². The van der Waals surface area contributed by atoms with Crippen molar-refractivity contribution in [3.63, 3.8) is 0 Å². The van der Waals surface area contributed by atoms with Crippen molar-refractivity contribution < 1.29 is 0 Å². The van der Waals surface area contributed by atoms with E-state index >= 15 is 0 Å². The Kier molecular flexibility index (Phi) is 2.82. The molecule has 4 atom stereocenters. The second kappa shape index (κ2) is 5.11. The lowest BCUT2D eigenvalue weighted by molar-refractivity contribution is 0.288. The minimum Gasteiger partial charge on any atom is -0.378 e. The van der Waals surface area contributed by atoms with Crippen molar-refractivity contribution in [3.8, 4) is 0 Å². The van der Waals surface area contributed by atoms with E-state index in [1.165, 1.54) is 28.0 Å². The Morgan fingerprint density at radius 2 is 1.65 bits per heavy atom. The lowest BCUT2D eigenvalue weighted by Crippen LogP contribution is -2.51. The molecule has 1 heterocycles. The average Bonchev–Trinajstić information content (AvgIpc) is 3.00. The number of rotatable bonds is 0. The zero-order chi connectivity index (χ0) is 17.1. The number of fused-ring (bicyclic) bond motifs is 9. The van der Waals surface area contributed by atoms with E-state index in [9.17, 15) is 0 Å². The van der Waals surface area contributed by atoms with Crippen LogP contribution in [0.3, 0.4) is 0 Å². The Hall–Kier alpha value is -2.80. The lowest BCUT2D eigenvalue weighted by atomic mass is 9.55. The van der Waals surface area contributed by atoms with Crippen LogP contribution in [0.25, 0.3) is 5.57 Å². The summed E-state index contributed by atoms with van der Waals surface area (Å²) in [7, 11) is 0. The predicted octanol–water partition coefficient (Wildman–Crippen LogP) is 5.48. The Balaban J connectivity index is 1.74. The summed E-state index contributed by atoms with van der Waals surface area (Å²) in [6.45, 7) is 0. The van der Waals surface area contributed by atoms with Crippen molar-refractivity contribution in [2.24, 2.45) is 11.8 Å². The molecule has 3 aliphatic carbocycles. The van der Waals surface area contributed by atoms with Crippen molar-refractivity contribution in [2.45, 2.75) is 17.9 Å². The van der Waals surface area contributed by atoms with Crippen molar-refractivity contribution in [1.82, 2.24) is 0 Å². The molecule has 126 valence electrons. The highest BCUT2D eigenvalue weighted by Crippen LogP contribution is 2.63. The number of allylic oxidation sites excluding steroid dienone is 6. The molecule has 1 spiro atoms. The molecular formula is C25H21N. The lowest BCUT2D eigenvalue weighted by Gasteiger charge is -2.51. The first-order chi connectivity index (χ1) is 12.9. The molecule has 1 heteroatoms. The fourth-order valence-electron chi connectivity index (χ4n) is 5.87. The van der Waals surface area contributed by atoms with Crippen LogP contribution in [0.1, 0.15) is 23.1 Å². The van der Waals surface area contributed by atoms with Gasteiger partial charge in [-0.25, -0.2) is 0 Å². The molecule has 0 saturated carbocycles. The van der Waals surface area contributed by atoms with Gasteiger partial charge in [0.2, 0.25) is 0 Å². The van der Waals surface area contributed by atoms with Crippen molar-refractivity contribution in [1.29, 1.82) is 0 Å². The molecule has 0 fully saturated rings. The highest BCUT2D eigenvalue weighted by atomic mass is 15.0. The van der Waals surface area contributed by atoms with E-state index < -0.39 is 0 Å². The minimum absolute atomic E-state index is 0.000949. The molecule has 0 radical (unpaired) electrons. The van der Waals surface area contributed by atoms with E-state index in [1.807, 2.05) is 0 Å². The molecule has 4 unspecified atom stereocenters. The number of anilines is 1. The summed E-state index contributed by atoms with van der Waals surface area (Å²) in [5.41, 5.74) is 7.21. The largest absolute Gasteiger partial charge is 0.378 e. The van der Waals surface area contributed by atoms with Gasteiger partial charge in [0.25, 0.3) is 0 Å². The maximum absolute atomic E-state index is 3.80. The van der Waals surface area contributed by atoms with E-state index in [0.717, 1.165) is 6.42 Å². The molecule has 6 rings (SSSR count). The molecule has 2 aromatic rings. The molecule has 2 aromatic carbocycles. The summed E-state index contributed by atoms with van der Waals surface area (Å²) in [4.78, 5) is 0. The fourth-order valence-corrected chi connectivity index (χ4v) is 5.87. The van der Waals surface area contributed by atoms with Gasteiger partial charge in [0.1, 0.15) is 0 Å². The summed E-state index contributed by atoms with van der Waals surface area (Å²) in [6.07, 6.45) is 17.2. The van der Waals surface area contributed by atoms with Gasteiger partial charge in [0.15, 0.2) is 0 Å². The van der Waals surface area contributed by atoms with Gasteiger partial charge in [-0.05, 0) is 34.8 Å². The standard InChI is InChI=1S/C25H21N/c1-3-11-19-17(9-1)18-10-2-4-12-20(18)25(19)21-13-5-7-15-23(21)26-24-16-8-6-14-22(24)25/h1-11,13-16,20-21,23,26H,12H2. The van der Waals surface area contributed by atoms with Crippen molar-refractivity contribution in [3.05, 3.63) is 108 Å². The number of benzene rings is 2. The SMILES string of the molecule is C1=CCC2C(=C1)c1ccccc1C21c2ccccc2NC2C=CC=CC21. The third-order valence-electron chi connectivity index (χ3n) is 6.75. The summed E-state index contributed by atoms with van der Waals surface area (Å²) >= 11 is 0. The Morgan fingerprint density at radius 3 is 2.62 bits per heavy atom.